The molecule has 0 saturated heterocycles. The molecule has 0 spiro atoms. The van der Waals surface area contributed by atoms with Gasteiger partial charge in [0.2, 0.25) is 5.91 Å². The van der Waals surface area contributed by atoms with Gasteiger partial charge in [0.1, 0.15) is 12.2 Å². The van der Waals surface area contributed by atoms with Gasteiger partial charge in [0.25, 0.3) is 12.9 Å². The van der Waals surface area contributed by atoms with Crippen molar-refractivity contribution in [2.75, 3.05) is 6.54 Å². The highest BCUT2D eigenvalue weighted by Crippen LogP contribution is 2.32. The Morgan fingerprint density at radius 1 is 1.25 bits per heavy atom. The van der Waals surface area contributed by atoms with Crippen molar-refractivity contribution in [3.63, 3.8) is 0 Å². The number of hydrogen-bond donors (Lipinski definition) is 1. The number of aryl methyl sites for hydroxylation is 1. The molecule has 0 radical (unpaired) electrons. The average Bonchev–Trinajstić information content (AvgIpc) is 2.80. The number of halogens is 4. The largest absolute Gasteiger partial charge is 0.354 e. The third-order valence-corrected chi connectivity index (χ3v) is 3.39. The number of hydrogen-bond acceptors (Lipinski definition) is 3. The zero-order valence-corrected chi connectivity index (χ0v) is 13.5. The Labute approximate surface area is 136 Å². The van der Waals surface area contributed by atoms with Crippen LogP contribution in [-0.2, 0) is 11.3 Å². The fraction of sp³-hybridized carbons (Fsp3) is 0.533. The number of nitrogens with one attached hydrogen (secondary N) is 1. The molecule has 0 aliphatic carbocycles. The summed E-state index contributed by atoms with van der Waals surface area (Å²) < 4.78 is 53.4. The molecule has 24 heavy (non-hydrogen) atoms. The molecule has 0 atom stereocenters. The second-order valence-electron chi connectivity index (χ2n) is 5.88. The van der Waals surface area contributed by atoms with Gasteiger partial charge in [-0.15, -0.1) is 0 Å². The van der Waals surface area contributed by atoms with Crippen molar-refractivity contribution in [3.8, 4) is 0 Å². The molecule has 2 rings (SSSR count). The molecule has 9 heteroatoms. The Kier molecular flexibility index (Phi) is 5.40. The van der Waals surface area contributed by atoms with Crippen molar-refractivity contribution in [1.29, 1.82) is 0 Å². The second kappa shape index (κ2) is 7.14. The maximum Gasteiger partial charge on any atom is 0.280 e. The predicted molar refractivity (Wildman–Crippen MR) is 80.0 cm³/mol. The van der Waals surface area contributed by atoms with Crippen molar-refractivity contribution in [2.24, 2.45) is 5.92 Å². The lowest BCUT2D eigenvalue weighted by Crippen LogP contribution is -2.31. The summed E-state index contributed by atoms with van der Waals surface area (Å²) in [4.78, 5) is 15.6. The summed E-state index contributed by atoms with van der Waals surface area (Å²) in [6.07, 6.45) is -5.94. The average molecular weight is 346 g/mol. The number of fused-ring (bicyclic) bond motifs is 1. The maximum absolute atomic E-state index is 13.2. The summed E-state index contributed by atoms with van der Waals surface area (Å²) in [6, 6.07) is 0.690. The first-order chi connectivity index (χ1) is 11.2. The van der Waals surface area contributed by atoms with E-state index >= 15 is 0 Å². The Morgan fingerprint density at radius 2 is 1.92 bits per heavy atom. The van der Waals surface area contributed by atoms with Gasteiger partial charge < -0.3 is 5.32 Å². The second-order valence-corrected chi connectivity index (χ2v) is 5.88. The van der Waals surface area contributed by atoms with E-state index in [9.17, 15) is 22.4 Å². The van der Waals surface area contributed by atoms with E-state index in [0.29, 0.717) is 12.6 Å². The molecular formula is C15H18F4N4O. The van der Waals surface area contributed by atoms with Crippen LogP contribution in [0.4, 0.5) is 17.6 Å². The van der Waals surface area contributed by atoms with Gasteiger partial charge in [0.05, 0.1) is 11.1 Å². The molecule has 0 unspecified atom stereocenters. The van der Waals surface area contributed by atoms with Crippen molar-refractivity contribution in [1.82, 2.24) is 20.1 Å². The lowest BCUT2D eigenvalue weighted by molar-refractivity contribution is -0.121. The van der Waals surface area contributed by atoms with Gasteiger partial charge in [-0.25, -0.2) is 27.2 Å². The number of carbonyl (C=O) groups is 1. The van der Waals surface area contributed by atoms with Gasteiger partial charge >= 0.3 is 0 Å². The van der Waals surface area contributed by atoms with Crippen LogP contribution in [0.15, 0.2) is 6.07 Å². The summed E-state index contributed by atoms with van der Waals surface area (Å²) in [6.45, 7) is 5.47. The summed E-state index contributed by atoms with van der Waals surface area (Å²) >= 11 is 0. The number of pyridine rings is 1. The van der Waals surface area contributed by atoms with Crippen LogP contribution in [0.1, 0.15) is 43.6 Å². The third kappa shape index (κ3) is 3.82. The van der Waals surface area contributed by atoms with E-state index in [-0.39, 0.29) is 29.2 Å². The quantitative estimate of drug-likeness (QED) is 0.816. The van der Waals surface area contributed by atoms with Crippen LogP contribution in [0.5, 0.6) is 0 Å². The fourth-order valence-electron chi connectivity index (χ4n) is 2.31. The van der Waals surface area contributed by atoms with E-state index in [2.05, 4.69) is 15.4 Å². The molecule has 0 aliphatic rings. The van der Waals surface area contributed by atoms with E-state index < -0.39 is 30.0 Å². The minimum Gasteiger partial charge on any atom is -0.354 e. The normalized spacial score (nSPS) is 11.9. The summed E-state index contributed by atoms with van der Waals surface area (Å²) in [5.41, 5.74) is -1.24. The van der Waals surface area contributed by atoms with Crippen LogP contribution in [0.2, 0.25) is 0 Å². The van der Waals surface area contributed by atoms with Gasteiger partial charge in [-0.2, -0.15) is 5.10 Å². The molecule has 132 valence electrons. The van der Waals surface area contributed by atoms with Crippen LogP contribution in [-0.4, -0.2) is 27.2 Å². The molecule has 5 nitrogen and oxygen atoms in total. The predicted octanol–water partition coefficient (Wildman–Crippen LogP) is 3.39. The first-order valence-corrected chi connectivity index (χ1v) is 7.41. The van der Waals surface area contributed by atoms with E-state index in [1.165, 1.54) is 6.92 Å². The molecule has 0 fully saturated rings. The van der Waals surface area contributed by atoms with Gasteiger partial charge in [0, 0.05) is 12.1 Å². The Balaban J connectivity index is 2.46. The Morgan fingerprint density at radius 3 is 2.46 bits per heavy atom. The topological polar surface area (TPSA) is 59.8 Å². The van der Waals surface area contributed by atoms with Crippen LogP contribution in [0.25, 0.3) is 11.0 Å². The van der Waals surface area contributed by atoms with Gasteiger partial charge in [-0.3, -0.25) is 4.79 Å². The zero-order chi connectivity index (χ0) is 18.0. The molecule has 1 amide bonds. The molecule has 0 bridgehead atoms. The highest BCUT2D eigenvalue weighted by atomic mass is 19.3. The number of alkyl halides is 4. The molecule has 0 saturated carbocycles. The molecule has 1 N–H and O–H groups in total. The lowest BCUT2D eigenvalue weighted by Gasteiger charge is -2.09. The summed E-state index contributed by atoms with van der Waals surface area (Å²) in [5.74, 6) is -0.157. The first-order valence-electron chi connectivity index (χ1n) is 7.41. The van der Waals surface area contributed by atoms with Crippen LogP contribution >= 0.6 is 0 Å². The van der Waals surface area contributed by atoms with E-state index in [0.717, 1.165) is 4.68 Å². The van der Waals surface area contributed by atoms with Crippen molar-refractivity contribution < 1.29 is 22.4 Å². The van der Waals surface area contributed by atoms with Crippen LogP contribution in [0, 0.1) is 12.8 Å². The van der Waals surface area contributed by atoms with E-state index in [1.54, 1.807) is 0 Å². The highest BCUT2D eigenvalue weighted by Gasteiger charge is 2.23. The van der Waals surface area contributed by atoms with Gasteiger partial charge in [-0.1, -0.05) is 13.8 Å². The molecule has 2 heterocycles. The van der Waals surface area contributed by atoms with Gasteiger partial charge in [0.15, 0.2) is 5.65 Å². The number of amides is 1. The maximum atomic E-state index is 13.2. The van der Waals surface area contributed by atoms with Gasteiger partial charge in [-0.05, 0) is 18.9 Å². The minimum absolute atomic E-state index is 0.00561. The molecular weight excluding hydrogens is 328 g/mol. The first kappa shape index (κ1) is 18.2. The number of aromatic nitrogens is 3. The molecule has 0 aliphatic heterocycles. The Hall–Kier alpha value is -2.19. The SMILES string of the molecule is Cc1nn(CC(=O)NCC(C)C)c2nc(C(F)F)cc(C(F)F)c12. The zero-order valence-electron chi connectivity index (χ0n) is 13.5. The van der Waals surface area contributed by atoms with E-state index in [1.807, 2.05) is 13.8 Å². The fourth-order valence-corrected chi connectivity index (χ4v) is 2.31. The third-order valence-electron chi connectivity index (χ3n) is 3.39. The molecule has 2 aromatic rings. The molecule has 0 aromatic carbocycles. The molecule has 2 aromatic heterocycles. The number of nitrogens with zero attached hydrogens (tertiary/aromatic N) is 3. The van der Waals surface area contributed by atoms with Crippen molar-refractivity contribution >= 4 is 16.9 Å². The highest BCUT2D eigenvalue weighted by molar-refractivity contribution is 5.84. The number of carbonyl (C=O) groups excluding carboxylic acids is 1. The number of rotatable bonds is 6. The summed E-state index contributed by atoms with van der Waals surface area (Å²) in [5, 5.41) is 6.68. The van der Waals surface area contributed by atoms with E-state index in [4.69, 9.17) is 0 Å². The van der Waals surface area contributed by atoms with Crippen LogP contribution < -0.4 is 5.32 Å². The van der Waals surface area contributed by atoms with Crippen molar-refractivity contribution in [3.05, 3.63) is 23.0 Å². The smallest absolute Gasteiger partial charge is 0.280 e. The lowest BCUT2D eigenvalue weighted by atomic mass is 10.1. The minimum atomic E-state index is -3.00. The standard InChI is InChI=1S/C15H18F4N4O/c1-7(2)5-20-11(24)6-23-15-12(8(3)22-23)9(13(16)17)4-10(21-15)14(18)19/h4,7,13-14H,5-6H2,1-3H3,(H,20,24). The summed E-state index contributed by atoms with van der Waals surface area (Å²) in [7, 11) is 0. The Bertz CT molecular complexity index is 743. The monoisotopic (exact) mass is 346 g/mol. The van der Waals surface area contributed by atoms with Crippen molar-refractivity contribution in [2.45, 2.75) is 40.2 Å². The van der Waals surface area contributed by atoms with Crippen LogP contribution in [0.3, 0.4) is 0 Å².